The third-order valence-corrected chi connectivity index (χ3v) is 9.53. The average molecular weight is 821 g/mol. The molecule has 1 radical (unpaired) electrons. The van der Waals surface area contributed by atoms with Crippen LogP contribution in [0.25, 0.3) is 65.7 Å². The van der Waals surface area contributed by atoms with Gasteiger partial charge in [-0.05, 0) is 82.9 Å². The van der Waals surface area contributed by atoms with Gasteiger partial charge in [-0.2, -0.15) is 0 Å². The van der Waals surface area contributed by atoms with E-state index < -0.39 is 0 Å². The van der Waals surface area contributed by atoms with E-state index in [4.69, 9.17) is 9.40 Å². The van der Waals surface area contributed by atoms with Gasteiger partial charge in [0, 0.05) is 53.5 Å². The number of aryl methyl sites for hydroxylation is 3. The van der Waals surface area contributed by atoms with Crippen LogP contribution in [0.3, 0.4) is 0 Å². The van der Waals surface area contributed by atoms with Crippen molar-refractivity contribution in [1.82, 2.24) is 9.97 Å². The first kappa shape index (κ1) is 33.5. The first-order valence-electron chi connectivity index (χ1n) is 15.9. The van der Waals surface area contributed by atoms with Gasteiger partial charge in [-0.15, -0.1) is 65.4 Å². The molecule has 241 valence electrons. The van der Waals surface area contributed by atoms with Crippen LogP contribution in [0.2, 0.25) is 0 Å². The van der Waals surface area contributed by atoms with Gasteiger partial charge in [-0.25, -0.2) is 0 Å². The maximum atomic E-state index is 6.52. The number of hydrogen-bond acceptors (Lipinski definition) is 4. The summed E-state index contributed by atoms with van der Waals surface area (Å²) in [6.45, 7) is 13.2. The molecular weight excluding hydrogens is 785 g/mol. The largest absolute Gasteiger partial charge is 0.500 e. The van der Waals surface area contributed by atoms with Gasteiger partial charge in [0.2, 0.25) is 0 Å². The van der Waals surface area contributed by atoms with Crippen LogP contribution in [-0.2, 0) is 25.5 Å². The van der Waals surface area contributed by atoms with Gasteiger partial charge in [0.15, 0.2) is 0 Å². The molecular formula is C43H36IrN2OS-2. The van der Waals surface area contributed by atoms with E-state index in [1.807, 2.05) is 55.7 Å². The van der Waals surface area contributed by atoms with Gasteiger partial charge in [-0.3, -0.25) is 0 Å². The molecule has 0 saturated heterocycles. The second-order valence-corrected chi connectivity index (χ2v) is 14.0. The molecule has 0 unspecified atom stereocenters. The van der Waals surface area contributed by atoms with Gasteiger partial charge < -0.3 is 14.4 Å². The Balaban J connectivity index is 0.000000241. The molecule has 0 saturated carbocycles. The Morgan fingerprint density at radius 2 is 1.46 bits per heavy atom. The number of pyridine rings is 2. The summed E-state index contributed by atoms with van der Waals surface area (Å²) in [6, 6.07) is 37.8. The molecule has 0 fully saturated rings. The van der Waals surface area contributed by atoms with E-state index in [9.17, 15) is 0 Å². The molecule has 0 spiro atoms. The smallest absolute Gasteiger partial charge is 0.129 e. The Bertz CT molecular complexity index is 2340. The monoisotopic (exact) mass is 821 g/mol. The Morgan fingerprint density at radius 1 is 0.688 bits per heavy atom. The molecule has 5 heteroatoms. The molecule has 0 aliphatic heterocycles. The Hall–Kier alpha value is -4.41. The van der Waals surface area contributed by atoms with Gasteiger partial charge in [0.05, 0.1) is 5.58 Å². The van der Waals surface area contributed by atoms with E-state index in [1.54, 1.807) is 11.3 Å². The first-order chi connectivity index (χ1) is 22.7. The molecule has 0 aliphatic carbocycles. The van der Waals surface area contributed by atoms with E-state index in [-0.39, 0.29) is 25.5 Å². The summed E-state index contributed by atoms with van der Waals surface area (Å²) in [4.78, 5) is 9.28. The minimum atomic E-state index is -0.0492. The Kier molecular flexibility index (Phi) is 9.49. The summed E-state index contributed by atoms with van der Waals surface area (Å²) in [5, 5.41) is 5.53. The SMILES string of the molecule is Cc1ccc(-c2[c-]cccc2)nc1.Cc1cccc(C)c1-c1cnc(-c2[c-]ccc3c2oc2c4ccsc4ccc32)cc1C(C)(C)C.[Ir]. The number of rotatable bonds is 3. The number of aromatic nitrogens is 2. The summed E-state index contributed by atoms with van der Waals surface area (Å²) in [5.41, 5.74) is 13.0. The second kappa shape index (κ2) is 13.6. The Morgan fingerprint density at radius 3 is 2.17 bits per heavy atom. The van der Waals surface area contributed by atoms with Crippen molar-refractivity contribution in [2.45, 2.75) is 47.0 Å². The van der Waals surface area contributed by atoms with E-state index in [0.717, 1.165) is 44.5 Å². The zero-order valence-corrected chi connectivity index (χ0v) is 31.1. The predicted octanol–water partition coefficient (Wildman–Crippen LogP) is 12.1. The molecule has 4 aromatic heterocycles. The van der Waals surface area contributed by atoms with Crippen molar-refractivity contribution in [1.29, 1.82) is 0 Å². The van der Waals surface area contributed by atoms with Crippen molar-refractivity contribution < 1.29 is 24.5 Å². The topological polar surface area (TPSA) is 38.9 Å². The molecule has 48 heavy (non-hydrogen) atoms. The van der Waals surface area contributed by atoms with Crippen molar-refractivity contribution >= 4 is 43.4 Å². The molecule has 0 amide bonds. The number of furan rings is 1. The molecule has 4 heterocycles. The zero-order valence-electron chi connectivity index (χ0n) is 27.9. The minimum Gasteiger partial charge on any atom is -0.500 e. The summed E-state index contributed by atoms with van der Waals surface area (Å²) < 4.78 is 7.76. The summed E-state index contributed by atoms with van der Waals surface area (Å²) in [7, 11) is 0. The van der Waals surface area contributed by atoms with Crippen molar-refractivity contribution in [3.05, 3.63) is 143 Å². The van der Waals surface area contributed by atoms with Gasteiger partial charge in [0.25, 0.3) is 0 Å². The summed E-state index contributed by atoms with van der Waals surface area (Å²) >= 11 is 1.74. The third kappa shape index (κ3) is 6.39. The van der Waals surface area contributed by atoms with Crippen LogP contribution in [-0.4, -0.2) is 9.97 Å². The molecule has 8 aromatic rings. The normalized spacial score (nSPS) is 11.4. The molecule has 3 nitrogen and oxygen atoms in total. The quantitative estimate of drug-likeness (QED) is 0.167. The van der Waals surface area contributed by atoms with E-state index in [2.05, 4.69) is 112 Å². The molecule has 0 atom stereocenters. The average Bonchev–Trinajstić information content (AvgIpc) is 3.70. The van der Waals surface area contributed by atoms with Gasteiger partial charge in [0.1, 0.15) is 5.58 Å². The van der Waals surface area contributed by atoms with Crippen LogP contribution in [0.15, 0.2) is 113 Å². The number of thiophene rings is 1. The molecule has 0 bridgehead atoms. The van der Waals surface area contributed by atoms with E-state index >= 15 is 0 Å². The zero-order chi connectivity index (χ0) is 32.7. The van der Waals surface area contributed by atoms with Gasteiger partial charge in [-0.1, -0.05) is 74.2 Å². The molecule has 8 rings (SSSR count). The van der Waals surface area contributed by atoms with Crippen LogP contribution >= 0.6 is 11.3 Å². The predicted molar refractivity (Wildman–Crippen MR) is 198 cm³/mol. The summed E-state index contributed by atoms with van der Waals surface area (Å²) in [5.74, 6) is 0. The Labute approximate surface area is 300 Å². The summed E-state index contributed by atoms with van der Waals surface area (Å²) in [6.07, 6.45) is 3.91. The fourth-order valence-corrected chi connectivity index (χ4v) is 7.05. The van der Waals surface area contributed by atoms with Crippen molar-refractivity contribution in [2.75, 3.05) is 0 Å². The molecule has 0 aliphatic rings. The van der Waals surface area contributed by atoms with E-state index in [0.29, 0.717) is 0 Å². The number of fused-ring (bicyclic) bond motifs is 5. The standard InChI is InChI=1S/C31H26NOS.C12H10N.Ir/c1-18-8-6-9-19(2)28(18)24-17-32-26(16-25(24)31(3,4)5)22-11-7-10-20-21-12-13-27-23(14-15-34-27)30(21)33-29(20)22;1-10-7-8-12(13-9-10)11-5-3-2-4-6-11;/h6-10,12-17H,1-5H3;2-5,7-9H,1H3;/q2*-1;. The second-order valence-electron chi connectivity index (χ2n) is 13.1. The number of nitrogens with zero attached hydrogens (tertiary/aromatic N) is 2. The molecule has 0 N–H and O–H groups in total. The van der Waals surface area contributed by atoms with Crippen LogP contribution in [0.1, 0.15) is 43.0 Å². The number of benzene rings is 4. The maximum absolute atomic E-state index is 6.52. The van der Waals surface area contributed by atoms with Crippen LogP contribution in [0.4, 0.5) is 0 Å². The fraction of sp³-hybridized carbons (Fsp3) is 0.163. The minimum absolute atomic E-state index is 0. The first-order valence-corrected chi connectivity index (χ1v) is 16.8. The van der Waals surface area contributed by atoms with Crippen molar-refractivity contribution in [3.8, 4) is 33.6 Å². The molecule has 4 aromatic carbocycles. The van der Waals surface area contributed by atoms with Crippen LogP contribution in [0.5, 0.6) is 0 Å². The van der Waals surface area contributed by atoms with E-state index in [1.165, 1.54) is 43.5 Å². The van der Waals surface area contributed by atoms with Crippen molar-refractivity contribution in [3.63, 3.8) is 0 Å². The third-order valence-electron chi connectivity index (χ3n) is 8.64. The number of hydrogen-bond donors (Lipinski definition) is 0. The maximum Gasteiger partial charge on any atom is 0.129 e. The van der Waals surface area contributed by atoms with Crippen molar-refractivity contribution in [2.24, 2.45) is 0 Å². The van der Waals surface area contributed by atoms with Crippen LogP contribution in [0, 0.1) is 32.9 Å². The van der Waals surface area contributed by atoms with Crippen LogP contribution < -0.4 is 0 Å². The fourth-order valence-electron chi connectivity index (χ4n) is 6.27. The van der Waals surface area contributed by atoms with Gasteiger partial charge >= 0.3 is 0 Å².